The number of guanidine groups is 1. The molecule has 0 aromatic rings. The lowest BCUT2D eigenvalue weighted by Crippen LogP contribution is -2.69. The minimum absolute atomic E-state index is 0.104. The Morgan fingerprint density at radius 1 is 1.19 bits per heavy atom. The third-order valence-corrected chi connectivity index (χ3v) is 7.13. The minimum Gasteiger partial charge on any atom is -0.377 e. The zero-order chi connectivity index (χ0) is 18.1. The highest BCUT2D eigenvalue weighted by molar-refractivity contribution is 5.80. The zero-order valence-electron chi connectivity index (χ0n) is 15.7. The quantitative estimate of drug-likeness (QED) is 0.589. The largest absolute Gasteiger partial charge is 0.377 e. The van der Waals surface area contributed by atoms with Gasteiger partial charge in [-0.2, -0.15) is 0 Å². The standard InChI is InChI=1S/C19H32F2N4O/c1-22-18(23-13-4-9-25(10-5-13)12-15(20)21)24-16-14-6-11-26-17(14)19(16)7-2-3-8-19/h13-17H,2-12H2,1H3,(H2,22,23,24). The van der Waals surface area contributed by atoms with Crippen molar-refractivity contribution in [1.82, 2.24) is 15.5 Å². The van der Waals surface area contributed by atoms with E-state index < -0.39 is 6.43 Å². The van der Waals surface area contributed by atoms with Gasteiger partial charge in [0, 0.05) is 50.2 Å². The molecule has 7 heteroatoms. The molecule has 0 amide bonds. The van der Waals surface area contributed by atoms with E-state index in [0.717, 1.165) is 44.9 Å². The highest BCUT2D eigenvalue weighted by atomic mass is 19.3. The second-order valence-corrected chi connectivity index (χ2v) is 8.49. The van der Waals surface area contributed by atoms with Crippen molar-refractivity contribution in [3.05, 3.63) is 0 Å². The SMILES string of the molecule is CN=C(NC1CCN(CC(F)F)CC1)NC1C2CCOC2C12CCCC2. The van der Waals surface area contributed by atoms with Crippen molar-refractivity contribution < 1.29 is 13.5 Å². The fourth-order valence-electron chi connectivity index (χ4n) is 5.87. The van der Waals surface area contributed by atoms with E-state index in [1.54, 1.807) is 0 Å². The van der Waals surface area contributed by atoms with Crippen LogP contribution in [0.3, 0.4) is 0 Å². The van der Waals surface area contributed by atoms with E-state index in [1.165, 1.54) is 25.7 Å². The maximum absolute atomic E-state index is 12.5. The third-order valence-electron chi connectivity index (χ3n) is 7.13. The molecule has 0 aromatic carbocycles. The second kappa shape index (κ2) is 7.58. The first-order valence-corrected chi connectivity index (χ1v) is 10.2. The number of hydrogen-bond acceptors (Lipinski definition) is 3. The van der Waals surface area contributed by atoms with E-state index in [2.05, 4.69) is 15.6 Å². The average molecular weight is 370 g/mol. The molecule has 2 saturated heterocycles. The number of likely N-dealkylation sites (tertiary alicyclic amines) is 1. The van der Waals surface area contributed by atoms with Gasteiger partial charge in [-0.1, -0.05) is 12.8 Å². The summed E-state index contributed by atoms with van der Waals surface area (Å²) in [7, 11) is 1.82. The molecule has 3 atom stereocenters. The first-order valence-electron chi connectivity index (χ1n) is 10.2. The van der Waals surface area contributed by atoms with Crippen LogP contribution in [0.2, 0.25) is 0 Å². The van der Waals surface area contributed by atoms with Crippen LogP contribution in [0.4, 0.5) is 8.78 Å². The van der Waals surface area contributed by atoms with Crippen molar-refractivity contribution in [3.8, 4) is 0 Å². The molecule has 148 valence electrons. The lowest BCUT2D eigenvalue weighted by atomic mass is 9.54. The van der Waals surface area contributed by atoms with Gasteiger partial charge in [0.15, 0.2) is 5.96 Å². The Kier molecular flexibility index (Phi) is 5.37. The molecular formula is C19H32F2N4O. The number of hydrogen-bond donors (Lipinski definition) is 2. The van der Waals surface area contributed by atoms with E-state index in [4.69, 9.17) is 4.74 Å². The number of nitrogens with zero attached hydrogens (tertiary/aromatic N) is 2. The van der Waals surface area contributed by atoms with E-state index in [1.807, 2.05) is 11.9 Å². The van der Waals surface area contributed by atoms with Crippen molar-refractivity contribution >= 4 is 5.96 Å². The number of alkyl halides is 2. The summed E-state index contributed by atoms with van der Waals surface area (Å²) in [6.45, 7) is 2.24. The summed E-state index contributed by atoms with van der Waals surface area (Å²) in [6, 6.07) is 0.771. The maximum atomic E-state index is 12.5. The molecule has 0 aromatic heterocycles. The van der Waals surface area contributed by atoms with Gasteiger partial charge >= 0.3 is 0 Å². The molecule has 4 rings (SSSR count). The van der Waals surface area contributed by atoms with Crippen LogP contribution in [-0.2, 0) is 4.74 Å². The highest BCUT2D eigenvalue weighted by Gasteiger charge is 2.65. The van der Waals surface area contributed by atoms with Crippen molar-refractivity contribution in [3.63, 3.8) is 0 Å². The average Bonchev–Trinajstić information content (AvgIpc) is 3.28. The monoisotopic (exact) mass is 370 g/mol. The van der Waals surface area contributed by atoms with Crippen LogP contribution in [0, 0.1) is 11.3 Å². The summed E-state index contributed by atoms with van der Waals surface area (Å²) in [6.07, 6.45) is 6.25. The Morgan fingerprint density at radius 3 is 2.58 bits per heavy atom. The summed E-state index contributed by atoms with van der Waals surface area (Å²) in [5, 5.41) is 7.27. The first kappa shape index (κ1) is 18.4. The zero-order valence-corrected chi connectivity index (χ0v) is 15.7. The Balaban J connectivity index is 1.31. The van der Waals surface area contributed by atoms with Gasteiger partial charge < -0.3 is 15.4 Å². The van der Waals surface area contributed by atoms with Crippen LogP contribution in [0.1, 0.15) is 44.9 Å². The molecule has 4 aliphatic rings. The minimum atomic E-state index is -2.24. The predicted molar refractivity (Wildman–Crippen MR) is 97.6 cm³/mol. The Hall–Kier alpha value is -0.950. The highest BCUT2D eigenvalue weighted by Crippen LogP contribution is 2.60. The molecule has 4 fully saturated rings. The molecule has 2 N–H and O–H groups in total. The predicted octanol–water partition coefficient (Wildman–Crippen LogP) is 2.23. The van der Waals surface area contributed by atoms with E-state index >= 15 is 0 Å². The number of ether oxygens (including phenoxy) is 1. The van der Waals surface area contributed by atoms with Crippen LogP contribution in [-0.4, -0.2) is 68.8 Å². The molecule has 0 radical (unpaired) electrons. The molecule has 5 nitrogen and oxygen atoms in total. The summed E-state index contributed by atoms with van der Waals surface area (Å²) < 4.78 is 31.1. The maximum Gasteiger partial charge on any atom is 0.251 e. The van der Waals surface area contributed by atoms with Crippen molar-refractivity contribution in [2.24, 2.45) is 16.3 Å². The van der Waals surface area contributed by atoms with Crippen LogP contribution < -0.4 is 10.6 Å². The van der Waals surface area contributed by atoms with Crippen molar-refractivity contribution in [2.75, 3.05) is 33.3 Å². The number of fused-ring (bicyclic) bond motifs is 2. The van der Waals surface area contributed by atoms with Gasteiger partial charge in [0.25, 0.3) is 6.43 Å². The third kappa shape index (κ3) is 3.33. The number of halogens is 2. The van der Waals surface area contributed by atoms with Gasteiger partial charge in [-0.3, -0.25) is 9.89 Å². The molecule has 3 unspecified atom stereocenters. The molecule has 2 heterocycles. The number of piperidine rings is 1. The van der Waals surface area contributed by atoms with Gasteiger partial charge in [0.1, 0.15) is 0 Å². The van der Waals surface area contributed by atoms with Crippen molar-refractivity contribution in [2.45, 2.75) is 69.6 Å². The van der Waals surface area contributed by atoms with Crippen molar-refractivity contribution in [1.29, 1.82) is 0 Å². The summed E-state index contributed by atoms with van der Waals surface area (Å²) in [5.41, 5.74) is 0.305. The summed E-state index contributed by atoms with van der Waals surface area (Å²) >= 11 is 0. The van der Waals surface area contributed by atoms with E-state index in [0.29, 0.717) is 29.5 Å². The Morgan fingerprint density at radius 2 is 1.92 bits per heavy atom. The van der Waals surface area contributed by atoms with Crippen LogP contribution in [0.25, 0.3) is 0 Å². The summed E-state index contributed by atoms with van der Waals surface area (Å²) in [4.78, 5) is 6.32. The van der Waals surface area contributed by atoms with Crippen LogP contribution in [0.5, 0.6) is 0 Å². The Bertz CT molecular complexity index is 516. The van der Waals surface area contributed by atoms with E-state index in [9.17, 15) is 8.78 Å². The molecule has 2 aliphatic carbocycles. The number of nitrogens with one attached hydrogen (secondary N) is 2. The molecule has 0 bridgehead atoms. The molecular weight excluding hydrogens is 338 g/mol. The lowest BCUT2D eigenvalue weighted by Gasteiger charge is -2.57. The van der Waals surface area contributed by atoms with Crippen LogP contribution in [0.15, 0.2) is 4.99 Å². The fraction of sp³-hybridized carbons (Fsp3) is 0.947. The Labute approximate surface area is 154 Å². The van der Waals surface area contributed by atoms with Crippen LogP contribution >= 0.6 is 0 Å². The molecule has 26 heavy (non-hydrogen) atoms. The first-order chi connectivity index (χ1) is 12.6. The number of aliphatic imine (C=N–C) groups is 1. The van der Waals surface area contributed by atoms with Gasteiger partial charge in [-0.05, 0) is 32.1 Å². The fourth-order valence-corrected chi connectivity index (χ4v) is 5.87. The molecule has 2 saturated carbocycles. The molecule has 1 spiro atoms. The van der Waals surface area contributed by atoms with Gasteiger partial charge in [0.2, 0.25) is 0 Å². The van der Waals surface area contributed by atoms with E-state index in [-0.39, 0.29) is 6.54 Å². The van der Waals surface area contributed by atoms with Gasteiger partial charge in [0.05, 0.1) is 12.6 Å². The second-order valence-electron chi connectivity index (χ2n) is 8.49. The summed E-state index contributed by atoms with van der Waals surface area (Å²) in [5.74, 6) is 1.48. The number of rotatable bonds is 4. The molecule has 2 aliphatic heterocycles. The topological polar surface area (TPSA) is 48.9 Å². The lowest BCUT2D eigenvalue weighted by molar-refractivity contribution is -0.125. The van der Waals surface area contributed by atoms with Gasteiger partial charge in [-0.15, -0.1) is 0 Å². The van der Waals surface area contributed by atoms with Gasteiger partial charge in [-0.25, -0.2) is 8.78 Å². The normalized spacial score (nSPS) is 34.9. The smallest absolute Gasteiger partial charge is 0.251 e.